The van der Waals surface area contributed by atoms with Gasteiger partial charge in [-0.1, -0.05) is 61.5 Å². The van der Waals surface area contributed by atoms with E-state index < -0.39 is 0 Å². The molecule has 0 spiro atoms. The average Bonchev–Trinajstić information content (AvgIpc) is 2.61. The molecule has 2 N–H and O–H groups in total. The zero-order valence-corrected chi connectivity index (χ0v) is 14.3. The quantitative estimate of drug-likeness (QED) is 0.563. The van der Waals surface area contributed by atoms with Crippen molar-refractivity contribution < 1.29 is 0 Å². The molecule has 0 aromatic heterocycles. The largest absolute Gasteiger partial charge is 0.383 e. The minimum absolute atomic E-state index is 0.951. The van der Waals surface area contributed by atoms with Gasteiger partial charge in [-0.2, -0.15) is 0 Å². The van der Waals surface area contributed by atoms with E-state index in [2.05, 4.69) is 97.3 Å². The number of hydrogen-bond acceptors (Lipinski definition) is 2. The summed E-state index contributed by atoms with van der Waals surface area (Å²) in [5.74, 6) is 0. The summed E-state index contributed by atoms with van der Waals surface area (Å²) < 4.78 is 0. The topological polar surface area (TPSA) is 24.1 Å². The number of benzene rings is 3. The number of nitrogens with one attached hydrogen (secondary N) is 2. The van der Waals surface area contributed by atoms with Crippen molar-refractivity contribution in [1.29, 1.82) is 0 Å². The highest BCUT2D eigenvalue weighted by molar-refractivity contribution is 5.89. The van der Waals surface area contributed by atoms with Gasteiger partial charge >= 0.3 is 0 Å². The smallest absolute Gasteiger partial charge is 0.0659 e. The van der Waals surface area contributed by atoms with Crippen LogP contribution >= 0.6 is 0 Å². The van der Waals surface area contributed by atoms with E-state index >= 15 is 0 Å². The molecule has 0 radical (unpaired) electrons. The van der Waals surface area contributed by atoms with Gasteiger partial charge in [0.25, 0.3) is 0 Å². The molecular weight excluding hydrogens is 292 g/mol. The van der Waals surface area contributed by atoms with Crippen molar-refractivity contribution in [3.8, 4) is 11.1 Å². The van der Waals surface area contributed by atoms with Crippen LogP contribution in [0.15, 0.2) is 72.8 Å². The van der Waals surface area contributed by atoms with Crippen LogP contribution in [0.5, 0.6) is 0 Å². The predicted octanol–water partition coefficient (Wildman–Crippen LogP) is 6.23. The zero-order valence-electron chi connectivity index (χ0n) is 14.3. The molecule has 0 amide bonds. The van der Waals surface area contributed by atoms with Crippen molar-refractivity contribution >= 4 is 17.1 Å². The standard InChI is InChI=1S/C22H24N2/c1-3-15-23-22-20(18-10-5-4-6-11-18)13-8-14-21(22)24-19-12-7-9-17(2)16-19/h4-14,16,23-24H,3,15H2,1-2H3. The van der Waals surface area contributed by atoms with Crippen LogP contribution in [0.4, 0.5) is 17.1 Å². The van der Waals surface area contributed by atoms with E-state index in [0.29, 0.717) is 0 Å². The molecule has 3 aromatic rings. The van der Waals surface area contributed by atoms with Gasteiger partial charge in [0.1, 0.15) is 0 Å². The van der Waals surface area contributed by atoms with Crippen LogP contribution in [-0.2, 0) is 0 Å². The molecule has 0 unspecified atom stereocenters. The predicted molar refractivity (Wildman–Crippen MR) is 105 cm³/mol. The van der Waals surface area contributed by atoms with E-state index in [1.54, 1.807) is 0 Å². The van der Waals surface area contributed by atoms with Crippen LogP contribution in [0.25, 0.3) is 11.1 Å². The molecule has 0 fully saturated rings. The van der Waals surface area contributed by atoms with Gasteiger partial charge in [-0.3, -0.25) is 0 Å². The lowest BCUT2D eigenvalue weighted by Crippen LogP contribution is -2.05. The van der Waals surface area contributed by atoms with Crippen molar-refractivity contribution in [3.63, 3.8) is 0 Å². The van der Waals surface area contributed by atoms with Crippen LogP contribution in [0.1, 0.15) is 18.9 Å². The molecule has 0 aliphatic rings. The van der Waals surface area contributed by atoms with Gasteiger partial charge in [0.15, 0.2) is 0 Å². The summed E-state index contributed by atoms with van der Waals surface area (Å²) in [6.07, 6.45) is 1.09. The maximum Gasteiger partial charge on any atom is 0.0659 e. The Hall–Kier alpha value is -2.74. The number of rotatable bonds is 6. The molecule has 122 valence electrons. The molecular formula is C22H24N2. The van der Waals surface area contributed by atoms with Gasteiger partial charge in [0.05, 0.1) is 11.4 Å². The summed E-state index contributed by atoms with van der Waals surface area (Å²) in [5, 5.41) is 7.17. The van der Waals surface area contributed by atoms with Crippen molar-refractivity contribution in [2.45, 2.75) is 20.3 Å². The Labute approximate surface area is 144 Å². The summed E-state index contributed by atoms with van der Waals surface area (Å²) in [4.78, 5) is 0. The van der Waals surface area contributed by atoms with Gasteiger partial charge in [-0.15, -0.1) is 0 Å². The van der Waals surface area contributed by atoms with Crippen LogP contribution in [-0.4, -0.2) is 6.54 Å². The number of para-hydroxylation sites is 1. The van der Waals surface area contributed by atoms with Gasteiger partial charge in [-0.25, -0.2) is 0 Å². The molecule has 0 saturated heterocycles. The van der Waals surface area contributed by atoms with E-state index in [0.717, 1.165) is 30.0 Å². The fourth-order valence-corrected chi connectivity index (χ4v) is 2.83. The van der Waals surface area contributed by atoms with E-state index in [1.165, 1.54) is 16.7 Å². The molecule has 3 aromatic carbocycles. The third kappa shape index (κ3) is 3.77. The first-order valence-electron chi connectivity index (χ1n) is 8.54. The van der Waals surface area contributed by atoms with Crippen LogP contribution < -0.4 is 10.6 Å². The van der Waals surface area contributed by atoms with Crippen molar-refractivity contribution in [2.24, 2.45) is 0 Å². The van der Waals surface area contributed by atoms with E-state index in [1.807, 2.05) is 0 Å². The number of hydrogen-bond donors (Lipinski definition) is 2. The Morgan fingerprint density at radius 3 is 2.38 bits per heavy atom. The lowest BCUT2D eigenvalue weighted by Gasteiger charge is -2.18. The summed E-state index contributed by atoms with van der Waals surface area (Å²) in [7, 11) is 0. The number of anilines is 3. The molecule has 0 heterocycles. The van der Waals surface area contributed by atoms with E-state index in [9.17, 15) is 0 Å². The molecule has 3 rings (SSSR count). The third-order valence-electron chi connectivity index (χ3n) is 4.00. The molecule has 0 aliphatic heterocycles. The van der Waals surface area contributed by atoms with Gasteiger partial charge < -0.3 is 10.6 Å². The van der Waals surface area contributed by atoms with Crippen LogP contribution in [0.2, 0.25) is 0 Å². The first kappa shape index (κ1) is 16.1. The first-order valence-corrected chi connectivity index (χ1v) is 8.54. The van der Waals surface area contributed by atoms with Gasteiger partial charge in [0, 0.05) is 17.8 Å². The van der Waals surface area contributed by atoms with Crippen molar-refractivity contribution in [3.05, 3.63) is 78.4 Å². The lowest BCUT2D eigenvalue weighted by molar-refractivity contribution is 0.980. The fraction of sp³-hybridized carbons (Fsp3) is 0.182. The maximum absolute atomic E-state index is 3.60. The van der Waals surface area contributed by atoms with Crippen LogP contribution in [0, 0.1) is 6.92 Å². The average molecular weight is 316 g/mol. The summed E-state index contributed by atoms with van der Waals surface area (Å²) in [6.45, 7) is 5.25. The highest BCUT2D eigenvalue weighted by Crippen LogP contribution is 2.35. The fourth-order valence-electron chi connectivity index (χ4n) is 2.83. The highest BCUT2D eigenvalue weighted by atomic mass is 15.0. The Bertz CT molecular complexity index is 794. The minimum Gasteiger partial charge on any atom is -0.383 e. The zero-order chi connectivity index (χ0) is 16.8. The van der Waals surface area contributed by atoms with Crippen molar-refractivity contribution in [2.75, 3.05) is 17.2 Å². The SMILES string of the molecule is CCCNc1c(Nc2cccc(C)c2)cccc1-c1ccccc1. The molecule has 0 atom stereocenters. The Kier molecular flexibility index (Phi) is 5.17. The monoisotopic (exact) mass is 316 g/mol. The molecule has 24 heavy (non-hydrogen) atoms. The van der Waals surface area contributed by atoms with E-state index in [4.69, 9.17) is 0 Å². The third-order valence-corrected chi connectivity index (χ3v) is 4.00. The molecule has 0 aliphatic carbocycles. The Morgan fingerprint density at radius 1 is 0.833 bits per heavy atom. The lowest BCUT2D eigenvalue weighted by atomic mass is 10.0. The maximum atomic E-state index is 3.60. The summed E-state index contributed by atoms with van der Waals surface area (Å²) in [5.41, 5.74) is 7.08. The van der Waals surface area contributed by atoms with E-state index in [-0.39, 0.29) is 0 Å². The van der Waals surface area contributed by atoms with Crippen LogP contribution in [0.3, 0.4) is 0 Å². The van der Waals surface area contributed by atoms with Gasteiger partial charge in [-0.05, 0) is 42.7 Å². The highest BCUT2D eigenvalue weighted by Gasteiger charge is 2.10. The molecule has 2 nitrogen and oxygen atoms in total. The summed E-state index contributed by atoms with van der Waals surface area (Å²) in [6, 6.07) is 25.4. The second kappa shape index (κ2) is 7.69. The normalized spacial score (nSPS) is 10.4. The number of aryl methyl sites for hydroxylation is 1. The first-order chi connectivity index (χ1) is 11.8. The van der Waals surface area contributed by atoms with Gasteiger partial charge in [0.2, 0.25) is 0 Å². The minimum atomic E-state index is 0.951. The Balaban J connectivity index is 2.01. The molecule has 2 heteroatoms. The molecule has 0 bridgehead atoms. The van der Waals surface area contributed by atoms with Crippen molar-refractivity contribution in [1.82, 2.24) is 0 Å². The summed E-state index contributed by atoms with van der Waals surface area (Å²) >= 11 is 0. The Morgan fingerprint density at radius 2 is 1.62 bits per heavy atom. The second-order valence-electron chi connectivity index (χ2n) is 6.02. The molecule has 0 saturated carbocycles. The second-order valence-corrected chi connectivity index (χ2v) is 6.02.